The lowest BCUT2D eigenvalue weighted by atomic mass is 10.1. The summed E-state index contributed by atoms with van der Waals surface area (Å²) in [6.07, 6.45) is 5.89. The van der Waals surface area contributed by atoms with E-state index in [1.165, 1.54) is 0 Å². The lowest BCUT2D eigenvalue weighted by Gasteiger charge is -2.06. The first-order chi connectivity index (χ1) is 17.9. The van der Waals surface area contributed by atoms with Gasteiger partial charge in [0.25, 0.3) is 0 Å². The van der Waals surface area contributed by atoms with E-state index in [0.717, 1.165) is 37.3 Å². The Morgan fingerprint density at radius 2 is 1.68 bits per heavy atom. The number of carbonyl (C=O) groups is 1. The predicted molar refractivity (Wildman–Crippen MR) is 154 cm³/mol. The zero-order valence-electron chi connectivity index (χ0n) is 19.2. The number of halogens is 3. The minimum absolute atomic E-state index is 0.247. The van der Waals surface area contributed by atoms with Crippen LogP contribution in [0.2, 0.25) is 14.4 Å². The summed E-state index contributed by atoms with van der Waals surface area (Å²) in [6.45, 7) is 0.510. The Bertz CT molecular complexity index is 1600. The number of carboxylic acids is 1. The van der Waals surface area contributed by atoms with Gasteiger partial charge in [-0.1, -0.05) is 77.3 Å². The Hall–Kier alpha value is -3.35. The summed E-state index contributed by atoms with van der Waals surface area (Å²) in [5.74, 6) is -0.219. The van der Waals surface area contributed by atoms with Gasteiger partial charge in [0, 0.05) is 28.2 Å². The van der Waals surface area contributed by atoms with Crippen LogP contribution in [0.25, 0.3) is 33.9 Å². The van der Waals surface area contributed by atoms with Crippen molar-refractivity contribution in [2.24, 2.45) is 0 Å². The van der Waals surface area contributed by atoms with Crippen LogP contribution in [0.4, 0.5) is 0 Å². The van der Waals surface area contributed by atoms with Crippen molar-refractivity contribution in [1.29, 1.82) is 0 Å². The number of hydrogen-bond donors (Lipinski definition) is 1. The molecule has 0 aliphatic rings. The summed E-state index contributed by atoms with van der Waals surface area (Å²) in [6, 6.07) is 24.3. The van der Waals surface area contributed by atoms with E-state index >= 15 is 0 Å². The molecule has 5 aromatic rings. The van der Waals surface area contributed by atoms with E-state index in [2.05, 4.69) is 12.1 Å². The average Bonchev–Trinajstić information content (AvgIpc) is 3.49. The van der Waals surface area contributed by atoms with Crippen LogP contribution in [-0.4, -0.2) is 20.6 Å². The van der Waals surface area contributed by atoms with Crippen molar-refractivity contribution in [1.82, 2.24) is 9.55 Å². The number of aromatic carboxylic acids is 1. The maximum atomic E-state index is 11.2. The van der Waals surface area contributed by atoms with Gasteiger partial charge >= 0.3 is 5.97 Å². The fourth-order valence-electron chi connectivity index (χ4n) is 3.86. The van der Waals surface area contributed by atoms with E-state index in [9.17, 15) is 9.90 Å². The fourth-order valence-corrected chi connectivity index (χ4v) is 5.42. The predicted octanol–water partition coefficient (Wildman–Crippen LogP) is 9.16. The van der Waals surface area contributed by atoms with Crippen LogP contribution in [0.5, 0.6) is 0 Å². The van der Waals surface area contributed by atoms with Gasteiger partial charge in [-0.3, -0.25) is 0 Å². The molecule has 184 valence electrons. The summed E-state index contributed by atoms with van der Waals surface area (Å²) in [5.41, 5.74) is 4.83. The number of benzene rings is 3. The largest absolute Gasteiger partial charge is 0.478 e. The summed E-state index contributed by atoms with van der Waals surface area (Å²) in [4.78, 5) is 17.2. The third-order valence-electron chi connectivity index (χ3n) is 5.76. The Morgan fingerprint density at radius 1 is 0.919 bits per heavy atom. The number of carboxylic acid groups (broad SMARTS) is 1. The van der Waals surface area contributed by atoms with Gasteiger partial charge in [-0.15, -0.1) is 11.3 Å². The van der Waals surface area contributed by atoms with Gasteiger partial charge in [0.2, 0.25) is 0 Å². The van der Waals surface area contributed by atoms with Crippen molar-refractivity contribution in [2.45, 2.75) is 6.54 Å². The van der Waals surface area contributed by atoms with Crippen LogP contribution < -0.4 is 0 Å². The van der Waals surface area contributed by atoms with Gasteiger partial charge in [0.05, 0.1) is 20.6 Å². The SMILES string of the molecule is O=C(O)c1ccc(Cn2cc(-c3ccc(Cl)cc3Cl)nc2/C=C/c2ccc(-c3ccc(Cl)s3)cc2)cc1. The van der Waals surface area contributed by atoms with Gasteiger partial charge in [0.1, 0.15) is 5.82 Å². The lowest BCUT2D eigenvalue weighted by molar-refractivity contribution is 0.0697. The van der Waals surface area contributed by atoms with Gasteiger partial charge < -0.3 is 9.67 Å². The number of aromatic nitrogens is 2. The van der Waals surface area contributed by atoms with E-state index in [-0.39, 0.29) is 5.56 Å². The molecule has 4 nitrogen and oxygen atoms in total. The zero-order valence-corrected chi connectivity index (χ0v) is 22.3. The van der Waals surface area contributed by atoms with Gasteiger partial charge in [-0.05, 0) is 65.2 Å². The van der Waals surface area contributed by atoms with Crippen molar-refractivity contribution in [3.63, 3.8) is 0 Å². The summed E-state index contributed by atoms with van der Waals surface area (Å²) < 4.78 is 2.77. The normalized spacial score (nSPS) is 11.3. The molecule has 0 atom stereocenters. The number of rotatable bonds is 7. The molecular formula is C29H19Cl3N2O2S. The van der Waals surface area contributed by atoms with Gasteiger partial charge in [0.15, 0.2) is 0 Å². The molecule has 8 heteroatoms. The smallest absolute Gasteiger partial charge is 0.335 e. The van der Waals surface area contributed by atoms with E-state index in [1.807, 2.05) is 53.2 Å². The first-order valence-electron chi connectivity index (χ1n) is 11.2. The highest BCUT2D eigenvalue weighted by atomic mass is 35.5. The number of thiophene rings is 1. The van der Waals surface area contributed by atoms with Crippen molar-refractivity contribution < 1.29 is 9.90 Å². The Labute approximate surface area is 233 Å². The zero-order chi connectivity index (χ0) is 25.9. The molecule has 5 rings (SSSR count). The second-order valence-electron chi connectivity index (χ2n) is 8.30. The quantitative estimate of drug-likeness (QED) is 0.214. The third kappa shape index (κ3) is 5.97. The van der Waals surface area contributed by atoms with Crippen molar-refractivity contribution in [3.05, 3.63) is 122 Å². The van der Waals surface area contributed by atoms with Crippen LogP contribution in [-0.2, 0) is 6.54 Å². The molecule has 2 aromatic heterocycles. The molecule has 0 bridgehead atoms. The maximum absolute atomic E-state index is 11.2. The summed E-state index contributed by atoms with van der Waals surface area (Å²) in [7, 11) is 0. The average molecular weight is 566 g/mol. The first kappa shape index (κ1) is 25.3. The fraction of sp³-hybridized carbons (Fsp3) is 0.0345. The lowest BCUT2D eigenvalue weighted by Crippen LogP contribution is -2.02. The monoisotopic (exact) mass is 564 g/mol. The van der Waals surface area contributed by atoms with E-state index < -0.39 is 5.97 Å². The molecule has 0 spiro atoms. The maximum Gasteiger partial charge on any atom is 0.335 e. The highest BCUT2D eigenvalue weighted by Crippen LogP contribution is 2.32. The summed E-state index contributed by atoms with van der Waals surface area (Å²) in [5, 5.41) is 10.3. The number of imidazole rings is 1. The van der Waals surface area contributed by atoms with E-state index in [0.29, 0.717) is 22.3 Å². The second kappa shape index (κ2) is 11.0. The Morgan fingerprint density at radius 3 is 2.32 bits per heavy atom. The first-order valence-corrected chi connectivity index (χ1v) is 13.2. The van der Waals surface area contributed by atoms with Crippen molar-refractivity contribution in [2.75, 3.05) is 0 Å². The molecular weight excluding hydrogens is 547 g/mol. The number of hydrogen-bond acceptors (Lipinski definition) is 3. The molecule has 2 heterocycles. The van der Waals surface area contributed by atoms with E-state index in [1.54, 1.807) is 47.7 Å². The standard InChI is InChI=1S/C29H19Cl3N2O2S/c30-22-10-11-23(24(31)15-22)25-17-34(16-19-3-8-21(9-4-19)29(35)36)28(33-25)14-5-18-1-6-20(7-2-18)26-12-13-27(32)37-26/h1-15,17H,16H2,(H,35,36)/b14-5+. The van der Waals surface area contributed by atoms with Gasteiger partial charge in [-0.25, -0.2) is 9.78 Å². The third-order valence-corrected chi connectivity index (χ3v) is 7.59. The summed E-state index contributed by atoms with van der Waals surface area (Å²) >= 11 is 20.2. The van der Waals surface area contributed by atoms with Crippen LogP contribution >= 0.6 is 46.1 Å². The van der Waals surface area contributed by atoms with Crippen LogP contribution in [0.1, 0.15) is 27.3 Å². The Balaban J connectivity index is 1.46. The molecule has 0 fully saturated rings. The minimum Gasteiger partial charge on any atom is -0.478 e. The second-order valence-corrected chi connectivity index (χ2v) is 10.9. The molecule has 0 radical (unpaired) electrons. The molecule has 0 aliphatic carbocycles. The highest BCUT2D eigenvalue weighted by molar-refractivity contribution is 7.19. The number of nitrogens with zero attached hydrogens (tertiary/aromatic N) is 2. The molecule has 0 unspecified atom stereocenters. The molecule has 3 aromatic carbocycles. The molecule has 0 saturated carbocycles. The van der Waals surface area contributed by atoms with Crippen LogP contribution in [0.15, 0.2) is 85.1 Å². The van der Waals surface area contributed by atoms with Crippen LogP contribution in [0.3, 0.4) is 0 Å². The van der Waals surface area contributed by atoms with Crippen molar-refractivity contribution in [3.8, 4) is 21.7 Å². The van der Waals surface area contributed by atoms with Crippen molar-refractivity contribution >= 4 is 64.3 Å². The van der Waals surface area contributed by atoms with Gasteiger partial charge in [-0.2, -0.15) is 0 Å². The molecule has 0 aliphatic heterocycles. The molecule has 0 saturated heterocycles. The Kier molecular flexibility index (Phi) is 7.49. The van der Waals surface area contributed by atoms with E-state index in [4.69, 9.17) is 39.8 Å². The highest BCUT2D eigenvalue weighted by Gasteiger charge is 2.12. The molecule has 37 heavy (non-hydrogen) atoms. The minimum atomic E-state index is -0.953. The van der Waals surface area contributed by atoms with Crippen LogP contribution in [0, 0.1) is 0 Å². The topological polar surface area (TPSA) is 55.1 Å². The molecule has 1 N–H and O–H groups in total. The molecule has 0 amide bonds.